The first-order valence-electron chi connectivity index (χ1n) is 8.67. The molecule has 0 N–H and O–H groups in total. The van der Waals surface area contributed by atoms with Gasteiger partial charge >= 0.3 is 0 Å². The highest BCUT2D eigenvalue weighted by Gasteiger charge is 2.25. The Morgan fingerprint density at radius 1 is 1.04 bits per heavy atom. The maximum absolute atomic E-state index is 12.7. The second-order valence-corrected chi connectivity index (χ2v) is 6.77. The van der Waals surface area contributed by atoms with Gasteiger partial charge in [-0.2, -0.15) is 0 Å². The largest absolute Gasteiger partial charge is 0.481 e. The molecule has 3 nitrogen and oxygen atoms in total. The lowest BCUT2D eigenvalue weighted by Gasteiger charge is -2.31. The Morgan fingerprint density at radius 2 is 1.79 bits per heavy atom. The number of hydrogen-bond donors (Lipinski definition) is 0. The number of hydrogen-bond acceptors (Lipinski definition) is 2. The molecule has 3 rings (SSSR count). The molecule has 2 aromatic carbocycles. The summed E-state index contributed by atoms with van der Waals surface area (Å²) in [5, 5.41) is 0. The van der Waals surface area contributed by atoms with Crippen LogP contribution in [0, 0.1) is 0 Å². The van der Waals surface area contributed by atoms with Gasteiger partial charge in [-0.25, -0.2) is 0 Å². The molecule has 0 fully saturated rings. The quantitative estimate of drug-likeness (QED) is 0.845. The molecule has 1 aliphatic rings. The van der Waals surface area contributed by atoms with Crippen molar-refractivity contribution in [3.8, 4) is 5.75 Å². The highest BCUT2D eigenvalue weighted by atomic mass is 16.5. The van der Waals surface area contributed by atoms with Gasteiger partial charge in [0.05, 0.1) is 0 Å². The molecule has 0 saturated heterocycles. The summed E-state index contributed by atoms with van der Waals surface area (Å²) in [7, 11) is 0. The van der Waals surface area contributed by atoms with Gasteiger partial charge in [0.15, 0.2) is 6.10 Å². The normalized spacial score (nSPS) is 15.1. The zero-order chi connectivity index (χ0) is 17.1. The van der Waals surface area contributed by atoms with Crippen molar-refractivity contribution < 1.29 is 9.53 Å². The Kier molecular flexibility index (Phi) is 4.89. The van der Waals surface area contributed by atoms with Gasteiger partial charge in [-0.3, -0.25) is 4.79 Å². The fourth-order valence-electron chi connectivity index (χ4n) is 3.14. The third-order valence-corrected chi connectivity index (χ3v) is 4.63. The standard InChI is InChI=1S/C21H25NO2/c1-15(2)18-9-6-10-20(13-18)24-16(3)21(23)22-12-11-17-7-4-5-8-19(17)14-22/h4-10,13,15-16H,11-12,14H2,1-3H3. The minimum absolute atomic E-state index is 0.0550. The molecule has 2 aromatic rings. The second kappa shape index (κ2) is 7.08. The zero-order valence-corrected chi connectivity index (χ0v) is 14.7. The van der Waals surface area contributed by atoms with Crippen LogP contribution in [0.4, 0.5) is 0 Å². The van der Waals surface area contributed by atoms with Gasteiger partial charge < -0.3 is 9.64 Å². The smallest absolute Gasteiger partial charge is 0.263 e. The Labute approximate surface area is 144 Å². The summed E-state index contributed by atoms with van der Waals surface area (Å²) in [5.41, 5.74) is 3.81. The lowest BCUT2D eigenvalue weighted by Crippen LogP contribution is -2.43. The summed E-state index contributed by atoms with van der Waals surface area (Å²) in [6, 6.07) is 16.4. The second-order valence-electron chi connectivity index (χ2n) is 6.77. The van der Waals surface area contributed by atoms with Gasteiger partial charge in [0, 0.05) is 13.1 Å². The summed E-state index contributed by atoms with van der Waals surface area (Å²) in [4.78, 5) is 14.6. The SMILES string of the molecule is CC(Oc1cccc(C(C)C)c1)C(=O)N1CCc2ccccc2C1. The average molecular weight is 323 g/mol. The number of benzene rings is 2. The summed E-state index contributed by atoms with van der Waals surface area (Å²) in [5.74, 6) is 1.26. The van der Waals surface area contributed by atoms with E-state index >= 15 is 0 Å². The van der Waals surface area contributed by atoms with Gasteiger partial charge in [-0.1, -0.05) is 50.2 Å². The van der Waals surface area contributed by atoms with Crippen molar-refractivity contribution in [2.75, 3.05) is 6.54 Å². The molecular weight excluding hydrogens is 298 g/mol. The van der Waals surface area contributed by atoms with Crippen LogP contribution in [-0.4, -0.2) is 23.5 Å². The van der Waals surface area contributed by atoms with Crippen LogP contribution in [0.15, 0.2) is 48.5 Å². The Hall–Kier alpha value is -2.29. The number of carbonyl (C=O) groups is 1. The summed E-state index contributed by atoms with van der Waals surface area (Å²) in [6.07, 6.45) is 0.440. The number of amides is 1. The fourth-order valence-corrected chi connectivity index (χ4v) is 3.14. The van der Waals surface area contributed by atoms with E-state index in [2.05, 4.69) is 38.1 Å². The molecule has 1 amide bonds. The number of nitrogens with zero attached hydrogens (tertiary/aromatic N) is 1. The van der Waals surface area contributed by atoms with E-state index in [0.717, 1.165) is 18.7 Å². The van der Waals surface area contributed by atoms with Crippen LogP contribution in [0.3, 0.4) is 0 Å². The fraction of sp³-hybridized carbons (Fsp3) is 0.381. The van der Waals surface area contributed by atoms with Crippen LogP contribution < -0.4 is 4.74 Å². The van der Waals surface area contributed by atoms with Crippen LogP contribution in [0.1, 0.15) is 43.4 Å². The monoisotopic (exact) mass is 323 g/mol. The van der Waals surface area contributed by atoms with Gasteiger partial charge in [-0.05, 0) is 48.1 Å². The Bertz CT molecular complexity index is 723. The topological polar surface area (TPSA) is 29.5 Å². The third kappa shape index (κ3) is 3.61. The first-order valence-corrected chi connectivity index (χ1v) is 8.67. The predicted molar refractivity (Wildman–Crippen MR) is 96.2 cm³/mol. The number of ether oxygens (including phenoxy) is 1. The first kappa shape index (κ1) is 16.6. The highest BCUT2D eigenvalue weighted by molar-refractivity contribution is 5.81. The van der Waals surface area contributed by atoms with E-state index < -0.39 is 6.10 Å². The molecule has 1 atom stereocenters. The van der Waals surface area contributed by atoms with Crippen molar-refractivity contribution in [1.29, 1.82) is 0 Å². The van der Waals surface area contributed by atoms with Crippen molar-refractivity contribution in [1.82, 2.24) is 4.90 Å². The maximum Gasteiger partial charge on any atom is 0.263 e. The summed E-state index contributed by atoms with van der Waals surface area (Å²) >= 11 is 0. The van der Waals surface area contributed by atoms with Gasteiger partial charge in [0.2, 0.25) is 0 Å². The van der Waals surface area contributed by atoms with E-state index in [4.69, 9.17) is 4.74 Å². The molecule has 0 spiro atoms. The molecule has 0 aliphatic carbocycles. The molecular formula is C21H25NO2. The van der Waals surface area contributed by atoms with Crippen LogP contribution in [0.2, 0.25) is 0 Å². The Morgan fingerprint density at radius 3 is 2.54 bits per heavy atom. The maximum atomic E-state index is 12.7. The predicted octanol–water partition coefficient (Wildman–Crippen LogP) is 4.16. The van der Waals surface area contributed by atoms with Crippen molar-refractivity contribution in [2.45, 2.75) is 45.8 Å². The number of carbonyl (C=O) groups excluding carboxylic acids is 1. The van der Waals surface area contributed by atoms with Crippen LogP contribution in [-0.2, 0) is 17.8 Å². The van der Waals surface area contributed by atoms with Gasteiger partial charge in [0.25, 0.3) is 5.91 Å². The van der Waals surface area contributed by atoms with E-state index in [-0.39, 0.29) is 5.91 Å². The average Bonchev–Trinajstić information content (AvgIpc) is 2.60. The van der Waals surface area contributed by atoms with Crippen molar-refractivity contribution in [2.24, 2.45) is 0 Å². The van der Waals surface area contributed by atoms with E-state index in [1.54, 1.807) is 0 Å². The van der Waals surface area contributed by atoms with Gasteiger partial charge in [0.1, 0.15) is 5.75 Å². The van der Waals surface area contributed by atoms with E-state index in [0.29, 0.717) is 12.5 Å². The molecule has 3 heteroatoms. The van der Waals surface area contributed by atoms with Crippen LogP contribution in [0.5, 0.6) is 5.75 Å². The highest BCUT2D eigenvalue weighted by Crippen LogP contribution is 2.23. The molecule has 0 radical (unpaired) electrons. The van der Waals surface area contributed by atoms with Gasteiger partial charge in [-0.15, -0.1) is 0 Å². The minimum Gasteiger partial charge on any atom is -0.481 e. The number of fused-ring (bicyclic) bond motifs is 1. The first-order chi connectivity index (χ1) is 11.5. The Balaban J connectivity index is 1.66. The molecule has 24 heavy (non-hydrogen) atoms. The molecule has 126 valence electrons. The lowest BCUT2D eigenvalue weighted by molar-refractivity contribution is -0.138. The summed E-state index contributed by atoms with van der Waals surface area (Å²) in [6.45, 7) is 7.58. The molecule has 0 saturated carbocycles. The molecule has 1 aliphatic heterocycles. The van der Waals surface area contributed by atoms with Crippen molar-refractivity contribution in [3.05, 3.63) is 65.2 Å². The summed E-state index contributed by atoms with van der Waals surface area (Å²) < 4.78 is 5.92. The van der Waals surface area contributed by atoms with E-state index in [1.165, 1.54) is 16.7 Å². The molecule has 1 heterocycles. The number of rotatable bonds is 4. The van der Waals surface area contributed by atoms with E-state index in [9.17, 15) is 4.79 Å². The van der Waals surface area contributed by atoms with Crippen molar-refractivity contribution in [3.63, 3.8) is 0 Å². The zero-order valence-electron chi connectivity index (χ0n) is 14.7. The van der Waals surface area contributed by atoms with Crippen LogP contribution >= 0.6 is 0 Å². The lowest BCUT2D eigenvalue weighted by atomic mass is 9.99. The molecule has 1 unspecified atom stereocenters. The third-order valence-electron chi connectivity index (χ3n) is 4.63. The molecule has 0 bridgehead atoms. The van der Waals surface area contributed by atoms with Crippen LogP contribution in [0.25, 0.3) is 0 Å². The minimum atomic E-state index is -0.474. The van der Waals surface area contributed by atoms with Crippen molar-refractivity contribution >= 4 is 5.91 Å². The van der Waals surface area contributed by atoms with E-state index in [1.807, 2.05) is 36.1 Å². The molecule has 0 aromatic heterocycles.